The van der Waals surface area contributed by atoms with Crippen LogP contribution in [0.3, 0.4) is 0 Å². The molecule has 0 bridgehead atoms. The topological polar surface area (TPSA) is 66.6 Å². The molecule has 0 saturated heterocycles. The molecule has 1 fully saturated rings. The Morgan fingerprint density at radius 2 is 2.06 bits per heavy atom. The molecule has 1 amide bonds. The van der Waals surface area contributed by atoms with Gasteiger partial charge in [0.15, 0.2) is 0 Å². The van der Waals surface area contributed by atoms with Crippen LogP contribution in [0.1, 0.15) is 25.3 Å². The van der Waals surface area contributed by atoms with Crippen LogP contribution in [0.2, 0.25) is 0 Å². The maximum absolute atomic E-state index is 12.2. The van der Waals surface area contributed by atoms with Gasteiger partial charge in [-0.1, -0.05) is 12.1 Å². The van der Waals surface area contributed by atoms with Crippen LogP contribution in [-0.2, 0) is 11.2 Å². The predicted octanol–water partition coefficient (Wildman–Crippen LogP) is 1.27. The number of phenolic OH excluding ortho intramolecular Hbond substituents is 1. The Hall–Kier alpha value is -1.55. The molecule has 0 heterocycles. The molecule has 0 radical (unpaired) electrons. The minimum Gasteiger partial charge on any atom is -0.508 e. The number of amides is 1. The normalized spacial score (nSPS) is 16.3. The summed E-state index contributed by atoms with van der Waals surface area (Å²) in [6.45, 7) is 2.72. The van der Waals surface area contributed by atoms with Crippen LogP contribution in [0.4, 0.5) is 0 Å². The van der Waals surface area contributed by atoms with Gasteiger partial charge in [-0.05, 0) is 43.9 Å². The molecule has 1 aromatic carbocycles. The molecule has 2 rings (SSSR count). The minimum absolute atomic E-state index is 0.0353. The first-order chi connectivity index (χ1) is 8.61. The number of carbonyl (C=O) groups excluding carboxylic acids is 1. The summed E-state index contributed by atoms with van der Waals surface area (Å²) in [6, 6.07) is 6.75. The fraction of sp³-hybridized carbons (Fsp3) is 0.500. The average molecular weight is 248 g/mol. The van der Waals surface area contributed by atoms with E-state index in [2.05, 4.69) is 0 Å². The fourth-order valence-corrected chi connectivity index (χ4v) is 2.17. The van der Waals surface area contributed by atoms with E-state index in [0.717, 1.165) is 24.9 Å². The summed E-state index contributed by atoms with van der Waals surface area (Å²) < 4.78 is 0. The summed E-state index contributed by atoms with van der Waals surface area (Å²) in [6.07, 6.45) is 2.72. The van der Waals surface area contributed by atoms with Crippen LogP contribution in [0, 0.1) is 0 Å². The van der Waals surface area contributed by atoms with Crippen molar-refractivity contribution >= 4 is 5.91 Å². The summed E-state index contributed by atoms with van der Waals surface area (Å²) in [7, 11) is 0. The predicted molar refractivity (Wildman–Crippen MR) is 70.2 cm³/mol. The number of phenols is 1. The van der Waals surface area contributed by atoms with Gasteiger partial charge in [0.1, 0.15) is 5.75 Å². The summed E-state index contributed by atoms with van der Waals surface area (Å²) in [5.41, 5.74) is 6.95. The van der Waals surface area contributed by atoms with Crippen LogP contribution in [-0.4, -0.2) is 34.5 Å². The molecule has 1 atom stereocenters. The zero-order valence-electron chi connectivity index (χ0n) is 10.7. The zero-order chi connectivity index (χ0) is 13.1. The second kappa shape index (κ2) is 5.40. The SMILES string of the molecule is CCN(C(=O)C(N)Cc1ccc(O)cc1)C1CC1. The van der Waals surface area contributed by atoms with Crippen molar-refractivity contribution in [1.29, 1.82) is 0 Å². The van der Waals surface area contributed by atoms with E-state index in [-0.39, 0.29) is 11.7 Å². The molecule has 1 aliphatic carbocycles. The van der Waals surface area contributed by atoms with Crippen LogP contribution in [0.25, 0.3) is 0 Å². The molecular weight excluding hydrogens is 228 g/mol. The molecule has 0 aliphatic heterocycles. The number of likely N-dealkylation sites (N-methyl/N-ethyl adjacent to an activating group) is 1. The van der Waals surface area contributed by atoms with Gasteiger partial charge in [-0.3, -0.25) is 4.79 Å². The zero-order valence-corrected chi connectivity index (χ0v) is 10.7. The first kappa shape index (κ1) is 12.9. The van der Waals surface area contributed by atoms with Crippen LogP contribution in [0.15, 0.2) is 24.3 Å². The highest BCUT2D eigenvalue weighted by Crippen LogP contribution is 2.27. The lowest BCUT2D eigenvalue weighted by molar-refractivity contribution is -0.132. The number of benzene rings is 1. The second-order valence-electron chi connectivity index (χ2n) is 4.83. The van der Waals surface area contributed by atoms with Gasteiger partial charge in [0, 0.05) is 12.6 Å². The van der Waals surface area contributed by atoms with Gasteiger partial charge < -0.3 is 15.7 Å². The molecule has 4 nitrogen and oxygen atoms in total. The highest BCUT2D eigenvalue weighted by atomic mass is 16.3. The van der Waals surface area contributed by atoms with Crippen LogP contribution in [0.5, 0.6) is 5.75 Å². The van der Waals surface area contributed by atoms with E-state index < -0.39 is 6.04 Å². The highest BCUT2D eigenvalue weighted by Gasteiger charge is 2.33. The van der Waals surface area contributed by atoms with Crippen molar-refractivity contribution in [3.63, 3.8) is 0 Å². The van der Waals surface area contributed by atoms with Gasteiger partial charge >= 0.3 is 0 Å². The standard InChI is InChI=1S/C14H20N2O2/c1-2-16(11-5-6-11)14(18)13(15)9-10-3-7-12(17)8-4-10/h3-4,7-8,11,13,17H,2,5-6,9,15H2,1H3. The Balaban J connectivity index is 1.96. The summed E-state index contributed by atoms with van der Waals surface area (Å²) in [5, 5.41) is 9.20. The Labute approximate surface area is 107 Å². The number of nitrogens with zero attached hydrogens (tertiary/aromatic N) is 1. The number of rotatable bonds is 5. The van der Waals surface area contributed by atoms with E-state index in [9.17, 15) is 9.90 Å². The summed E-state index contributed by atoms with van der Waals surface area (Å²) in [5.74, 6) is 0.264. The van der Waals surface area contributed by atoms with E-state index in [0.29, 0.717) is 12.5 Å². The Bertz CT molecular complexity index is 412. The summed E-state index contributed by atoms with van der Waals surface area (Å²) >= 11 is 0. The molecule has 3 N–H and O–H groups in total. The Kier molecular flexibility index (Phi) is 3.87. The third-order valence-electron chi connectivity index (χ3n) is 3.32. The monoisotopic (exact) mass is 248 g/mol. The number of nitrogens with two attached hydrogens (primary N) is 1. The largest absolute Gasteiger partial charge is 0.508 e. The van der Waals surface area contributed by atoms with Crippen molar-refractivity contribution in [1.82, 2.24) is 4.90 Å². The van der Waals surface area contributed by atoms with Gasteiger partial charge in [-0.25, -0.2) is 0 Å². The maximum atomic E-state index is 12.2. The minimum atomic E-state index is -0.491. The van der Waals surface area contributed by atoms with Gasteiger partial charge in [-0.15, -0.1) is 0 Å². The van der Waals surface area contributed by atoms with Crippen molar-refractivity contribution in [3.8, 4) is 5.75 Å². The number of hydrogen-bond acceptors (Lipinski definition) is 3. The maximum Gasteiger partial charge on any atom is 0.240 e. The lowest BCUT2D eigenvalue weighted by Gasteiger charge is -2.24. The third kappa shape index (κ3) is 3.01. The number of aromatic hydroxyl groups is 1. The van der Waals surface area contributed by atoms with Crippen molar-refractivity contribution in [3.05, 3.63) is 29.8 Å². The first-order valence-corrected chi connectivity index (χ1v) is 6.45. The molecule has 18 heavy (non-hydrogen) atoms. The van der Waals surface area contributed by atoms with E-state index in [1.807, 2.05) is 11.8 Å². The first-order valence-electron chi connectivity index (χ1n) is 6.45. The van der Waals surface area contributed by atoms with Gasteiger partial charge in [0.2, 0.25) is 5.91 Å². The van der Waals surface area contributed by atoms with Crippen LogP contribution >= 0.6 is 0 Å². The molecule has 0 aromatic heterocycles. The van der Waals surface area contributed by atoms with E-state index in [1.165, 1.54) is 0 Å². The molecule has 98 valence electrons. The van der Waals surface area contributed by atoms with Crippen LogP contribution < -0.4 is 5.73 Å². The lowest BCUT2D eigenvalue weighted by Crippen LogP contribution is -2.45. The number of carbonyl (C=O) groups is 1. The molecule has 1 unspecified atom stereocenters. The molecule has 1 aliphatic rings. The van der Waals surface area contributed by atoms with Crippen molar-refractivity contribution in [2.24, 2.45) is 5.73 Å². The Morgan fingerprint density at radius 1 is 1.44 bits per heavy atom. The molecule has 4 heteroatoms. The third-order valence-corrected chi connectivity index (χ3v) is 3.32. The number of hydrogen-bond donors (Lipinski definition) is 2. The highest BCUT2D eigenvalue weighted by molar-refractivity contribution is 5.82. The van der Waals surface area contributed by atoms with Crippen molar-refractivity contribution in [2.75, 3.05) is 6.54 Å². The molecule has 1 aromatic rings. The van der Waals surface area contributed by atoms with Crippen molar-refractivity contribution in [2.45, 2.75) is 38.3 Å². The van der Waals surface area contributed by atoms with E-state index >= 15 is 0 Å². The average Bonchev–Trinajstić information content (AvgIpc) is 3.17. The Morgan fingerprint density at radius 3 is 2.56 bits per heavy atom. The smallest absolute Gasteiger partial charge is 0.240 e. The van der Waals surface area contributed by atoms with E-state index in [4.69, 9.17) is 5.73 Å². The molecule has 0 spiro atoms. The lowest BCUT2D eigenvalue weighted by atomic mass is 10.1. The van der Waals surface area contributed by atoms with Gasteiger partial charge in [0.25, 0.3) is 0 Å². The summed E-state index contributed by atoms with van der Waals surface area (Å²) in [4.78, 5) is 14.1. The van der Waals surface area contributed by atoms with Crippen molar-refractivity contribution < 1.29 is 9.90 Å². The molecule has 1 saturated carbocycles. The van der Waals surface area contributed by atoms with Gasteiger partial charge in [-0.2, -0.15) is 0 Å². The fourth-order valence-electron chi connectivity index (χ4n) is 2.17. The second-order valence-corrected chi connectivity index (χ2v) is 4.83. The molecular formula is C14H20N2O2. The van der Waals surface area contributed by atoms with E-state index in [1.54, 1.807) is 24.3 Å². The van der Waals surface area contributed by atoms with Gasteiger partial charge in [0.05, 0.1) is 6.04 Å². The quantitative estimate of drug-likeness (QED) is 0.824.